The molecule has 21 heavy (non-hydrogen) atoms. The summed E-state index contributed by atoms with van der Waals surface area (Å²) in [5.74, 6) is -0.926. The lowest BCUT2D eigenvalue weighted by Crippen LogP contribution is -2.58. The summed E-state index contributed by atoms with van der Waals surface area (Å²) in [6, 6.07) is 5.55. The number of carbonyl (C=O) groups excluding carboxylic acids is 2. The van der Waals surface area contributed by atoms with E-state index in [2.05, 4.69) is 5.32 Å². The highest BCUT2D eigenvalue weighted by atomic mass is 16.5. The summed E-state index contributed by atoms with van der Waals surface area (Å²) in [5.41, 5.74) is 7.12. The van der Waals surface area contributed by atoms with Gasteiger partial charge in [0.15, 0.2) is 0 Å². The van der Waals surface area contributed by atoms with Crippen LogP contribution in [0, 0.1) is 5.92 Å². The number of carbonyl (C=O) groups is 2. The smallest absolute Gasteiger partial charge is 0.252 e. The van der Waals surface area contributed by atoms with Crippen LogP contribution in [0.15, 0.2) is 18.2 Å². The number of hydrogen-bond acceptors (Lipinski definition) is 3. The van der Waals surface area contributed by atoms with Gasteiger partial charge in [-0.3, -0.25) is 9.59 Å². The lowest BCUT2D eigenvalue weighted by molar-refractivity contribution is -0.125. The third kappa shape index (κ3) is 3.08. The summed E-state index contributed by atoms with van der Waals surface area (Å²) >= 11 is 0. The molecule has 0 radical (unpaired) electrons. The Labute approximate surface area is 124 Å². The van der Waals surface area contributed by atoms with Gasteiger partial charge in [-0.25, -0.2) is 0 Å². The maximum atomic E-state index is 12.4. The third-order valence-electron chi connectivity index (χ3n) is 4.28. The average molecular weight is 290 g/mol. The van der Waals surface area contributed by atoms with Gasteiger partial charge in [-0.15, -0.1) is 0 Å². The predicted octanol–water partition coefficient (Wildman–Crippen LogP) is 1.39. The van der Waals surface area contributed by atoms with Crippen LogP contribution in [0.4, 0.5) is 0 Å². The van der Waals surface area contributed by atoms with Crippen LogP contribution in [0.2, 0.25) is 0 Å². The van der Waals surface area contributed by atoms with E-state index in [1.807, 2.05) is 26.0 Å². The average Bonchev–Trinajstić information content (AvgIpc) is 2.46. The number of rotatable bonds is 4. The zero-order chi connectivity index (χ0) is 15.6. The van der Waals surface area contributed by atoms with E-state index >= 15 is 0 Å². The van der Waals surface area contributed by atoms with E-state index in [9.17, 15) is 9.59 Å². The number of fused-ring (bicyclic) bond motifs is 1. The second kappa shape index (κ2) is 5.85. The molecule has 1 aliphatic rings. The van der Waals surface area contributed by atoms with Crippen LogP contribution in [0.25, 0.3) is 0 Å². The summed E-state index contributed by atoms with van der Waals surface area (Å²) in [5, 5.41) is 2.76. The predicted molar refractivity (Wildman–Crippen MR) is 79.7 cm³/mol. The summed E-state index contributed by atoms with van der Waals surface area (Å²) < 4.78 is 5.40. The first kappa shape index (κ1) is 15.5. The maximum Gasteiger partial charge on any atom is 0.252 e. The van der Waals surface area contributed by atoms with Crippen LogP contribution in [0.3, 0.4) is 0 Å². The van der Waals surface area contributed by atoms with E-state index in [0.717, 1.165) is 12.0 Å². The molecule has 1 unspecified atom stereocenters. The Balaban J connectivity index is 2.22. The maximum absolute atomic E-state index is 12.4. The number of nitrogens with one attached hydrogen (secondary N) is 1. The minimum absolute atomic E-state index is 0.0973. The number of benzene rings is 1. The molecule has 0 spiro atoms. The molecule has 0 bridgehead atoms. The fourth-order valence-corrected chi connectivity index (χ4v) is 2.31. The van der Waals surface area contributed by atoms with E-state index < -0.39 is 11.4 Å². The van der Waals surface area contributed by atoms with E-state index in [1.165, 1.54) is 5.56 Å². The van der Waals surface area contributed by atoms with Crippen LogP contribution in [-0.2, 0) is 22.6 Å². The zero-order valence-corrected chi connectivity index (χ0v) is 12.7. The molecular weight excluding hydrogens is 268 g/mol. The first-order chi connectivity index (χ1) is 9.84. The minimum atomic E-state index is -1.07. The molecule has 1 aromatic rings. The molecule has 3 N–H and O–H groups in total. The Morgan fingerprint density at radius 1 is 1.33 bits per heavy atom. The number of hydrogen-bond donors (Lipinski definition) is 2. The van der Waals surface area contributed by atoms with Crippen LogP contribution >= 0.6 is 0 Å². The molecular formula is C16H22N2O3. The van der Waals surface area contributed by atoms with Crippen molar-refractivity contribution < 1.29 is 14.3 Å². The third-order valence-corrected chi connectivity index (χ3v) is 4.28. The molecule has 114 valence electrons. The van der Waals surface area contributed by atoms with Gasteiger partial charge < -0.3 is 15.8 Å². The highest BCUT2D eigenvalue weighted by Gasteiger charge is 2.36. The topological polar surface area (TPSA) is 81.4 Å². The van der Waals surface area contributed by atoms with E-state index in [4.69, 9.17) is 10.5 Å². The van der Waals surface area contributed by atoms with Gasteiger partial charge in [0.05, 0.1) is 13.2 Å². The molecule has 1 atom stereocenters. The standard InChI is InChI=1S/C16H22N2O3/c1-10(2)16(3,15(17)20)18-14(19)12-5-4-11-6-7-21-9-13(11)8-12/h4-5,8,10H,6-7,9H2,1-3H3,(H2,17,20)(H,18,19). The summed E-state index contributed by atoms with van der Waals surface area (Å²) in [6.07, 6.45) is 0.863. The normalized spacial score (nSPS) is 17.0. The number of nitrogens with two attached hydrogens (primary N) is 1. The molecule has 1 aromatic carbocycles. The lowest BCUT2D eigenvalue weighted by atomic mass is 9.87. The van der Waals surface area contributed by atoms with Crippen molar-refractivity contribution in [2.75, 3.05) is 6.61 Å². The molecule has 1 heterocycles. The molecule has 1 aliphatic heterocycles. The molecule has 0 fully saturated rings. The zero-order valence-electron chi connectivity index (χ0n) is 12.7. The van der Waals surface area contributed by atoms with Crippen molar-refractivity contribution in [3.05, 3.63) is 34.9 Å². The van der Waals surface area contributed by atoms with Gasteiger partial charge in [0, 0.05) is 5.56 Å². The van der Waals surface area contributed by atoms with Gasteiger partial charge in [0.2, 0.25) is 5.91 Å². The first-order valence-electron chi connectivity index (χ1n) is 7.16. The highest BCUT2D eigenvalue weighted by molar-refractivity contribution is 5.99. The molecule has 0 saturated heterocycles. The minimum Gasteiger partial charge on any atom is -0.376 e. The van der Waals surface area contributed by atoms with Crippen LogP contribution in [-0.4, -0.2) is 24.0 Å². The molecule has 5 nitrogen and oxygen atoms in total. The molecule has 5 heteroatoms. The second-order valence-electron chi connectivity index (χ2n) is 5.96. The van der Waals surface area contributed by atoms with E-state index in [-0.39, 0.29) is 11.8 Å². The van der Waals surface area contributed by atoms with E-state index in [0.29, 0.717) is 18.8 Å². The second-order valence-corrected chi connectivity index (χ2v) is 5.96. The van der Waals surface area contributed by atoms with Gasteiger partial charge >= 0.3 is 0 Å². The fourth-order valence-electron chi connectivity index (χ4n) is 2.31. The van der Waals surface area contributed by atoms with Crippen molar-refractivity contribution in [3.63, 3.8) is 0 Å². The van der Waals surface area contributed by atoms with Crippen molar-refractivity contribution in [1.82, 2.24) is 5.32 Å². The summed E-state index contributed by atoms with van der Waals surface area (Å²) in [7, 11) is 0. The van der Waals surface area contributed by atoms with Crippen LogP contribution in [0.5, 0.6) is 0 Å². The van der Waals surface area contributed by atoms with Crippen molar-refractivity contribution in [2.45, 2.75) is 39.3 Å². The van der Waals surface area contributed by atoms with Crippen molar-refractivity contribution in [3.8, 4) is 0 Å². The Morgan fingerprint density at radius 3 is 2.67 bits per heavy atom. The van der Waals surface area contributed by atoms with Crippen molar-refractivity contribution >= 4 is 11.8 Å². The van der Waals surface area contributed by atoms with Crippen molar-refractivity contribution in [2.24, 2.45) is 11.7 Å². The lowest BCUT2D eigenvalue weighted by Gasteiger charge is -2.31. The van der Waals surface area contributed by atoms with Crippen molar-refractivity contribution in [1.29, 1.82) is 0 Å². The van der Waals surface area contributed by atoms with Gasteiger partial charge in [-0.2, -0.15) is 0 Å². The Bertz CT molecular complexity index is 569. The molecule has 0 saturated carbocycles. The van der Waals surface area contributed by atoms with Gasteiger partial charge in [0.25, 0.3) is 5.91 Å². The van der Waals surface area contributed by atoms with E-state index in [1.54, 1.807) is 13.0 Å². The molecule has 2 rings (SSSR count). The summed E-state index contributed by atoms with van der Waals surface area (Å²) in [4.78, 5) is 24.0. The highest BCUT2D eigenvalue weighted by Crippen LogP contribution is 2.20. The SMILES string of the molecule is CC(C)C(C)(NC(=O)c1ccc2c(c1)COCC2)C(N)=O. The molecule has 0 aromatic heterocycles. The molecule has 2 amide bonds. The fraction of sp³-hybridized carbons (Fsp3) is 0.500. The largest absolute Gasteiger partial charge is 0.376 e. The van der Waals surface area contributed by atoms with Crippen LogP contribution in [0.1, 0.15) is 42.3 Å². The van der Waals surface area contributed by atoms with Gasteiger partial charge in [-0.05, 0) is 42.5 Å². The number of amides is 2. The first-order valence-corrected chi connectivity index (χ1v) is 7.16. The molecule has 0 aliphatic carbocycles. The van der Waals surface area contributed by atoms with Gasteiger partial charge in [0.1, 0.15) is 5.54 Å². The number of primary amides is 1. The Hall–Kier alpha value is -1.88. The quantitative estimate of drug-likeness (QED) is 0.879. The number of ether oxygens (including phenoxy) is 1. The Kier molecular flexibility index (Phi) is 4.32. The van der Waals surface area contributed by atoms with Gasteiger partial charge in [-0.1, -0.05) is 19.9 Å². The summed E-state index contributed by atoms with van der Waals surface area (Å²) in [6.45, 7) is 6.59. The monoisotopic (exact) mass is 290 g/mol. The van der Waals surface area contributed by atoms with Crippen LogP contribution < -0.4 is 11.1 Å². The Morgan fingerprint density at radius 2 is 2.05 bits per heavy atom.